The molecule has 7 heteroatoms. The van der Waals surface area contributed by atoms with Crippen LogP contribution in [0.3, 0.4) is 0 Å². The van der Waals surface area contributed by atoms with Crippen molar-refractivity contribution in [2.75, 3.05) is 39.9 Å². The molecule has 0 bridgehead atoms. The zero-order valence-corrected chi connectivity index (χ0v) is 20.1. The lowest BCUT2D eigenvalue weighted by molar-refractivity contribution is -0.136. The highest BCUT2D eigenvalue weighted by Gasteiger charge is 2.33. The molecule has 0 fully saturated rings. The van der Waals surface area contributed by atoms with Gasteiger partial charge in [0, 0.05) is 18.0 Å². The fourth-order valence-corrected chi connectivity index (χ4v) is 5.04. The fourth-order valence-electron chi connectivity index (χ4n) is 4.11. The van der Waals surface area contributed by atoms with Crippen LogP contribution in [0.4, 0.5) is 0 Å². The van der Waals surface area contributed by atoms with E-state index in [9.17, 15) is 9.90 Å². The Hall–Kier alpha value is -2.35. The molecule has 1 aromatic heterocycles. The maximum Gasteiger partial charge on any atom is 0.237 e. The Kier molecular flexibility index (Phi) is 8.34. The summed E-state index contributed by atoms with van der Waals surface area (Å²) < 4.78 is 11.6. The van der Waals surface area contributed by atoms with Crippen molar-refractivity contribution in [1.82, 2.24) is 9.80 Å². The minimum atomic E-state index is -1.04. The van der Waals surface area contributed by atoms with Crippen LogP contribution in [-0.4, -0.2) is 66.3 Å². The Balaban J connectivity index is 1.77. The number of thiophene rings is 1. The normalized spacial score (nSPS) is 17.5. The molecule has 1 aliphatic rings. The number of methoxy groups -OCH3 is 1. The molecule has 0 radical (unpaired) electrons. The van der Waals surface area contributed by atoms with Crippen LogP contribution in [0.15, 0.2) is 48.4 Å². The maximum absolute atomic E-state index is 13.4. The highest BCUT2D eigenvalue weighted by atomic mass is 32.1. The van der Waals surface area contributed by atoms with E-state index in [1.54, 1.807) is 25.4 Å². The molecule has 0 spiro atoms. The minimum Gasteiger partial charge on any atom is -0.493 e. The summed E-state index contributed by atoms with van der Waals surface area (Å²) in [5, 5.41) is 12.5. The van der Waals surface area contributed by atoms with Crippen LogP contribution in [0.25, 0.3) is 0 Å². The van der Waals surface area contributed by atoms with E-state index >= 15 is 0 Å². The van der Waals surface area contributed by atoms with E-state index in [0.717, 1.165) is 24.9 Å². The molecular weight excluding hydrogens is 424 g/mol. The molecule has 2 heterocycles. The van der Waals surface area contributed by atoms with Crippen LogP contribution in [0, 0.1) is 0 Å². The topological polar surface area (TPSA) is 62.2 Å². The molecule has 3 rings (SSSR count). The third-order valence-electron chi connectivity index (χ3n) is 5.76. The number of carbonyl (C=O) groups is 1. The summed E-state index contributed by atoms with van der Waals surface area (Å²) in [5.41, 5.74) is 0.120. The summed E-state index contributed by atoms with van der Waals surface area (Å²) in [7, 11) is 1.62. The zero-order chi connectivity index (χ0) is 23.1. The molecule has 2 atom stereocenters. The molecule has 6 nitrogen and oxygen atoms in total. The molecule has 0 unspecified atom stereocenters. The number of carbonyl (C=O) groups excluding carboxylic acids is 1. The van der Waals surface area contributed by atoms with Crippen molar-refractivity contribution in [3.05, 3.63) is 58.8 Å². The van der Waals surface area contributed by atoms with Crippen molar-refractivity contribution in [2.45, 2.75) is 38.3 Å². The van der Waals surface area contributed by atoms with Crippen LogP contribution in [0.5, 0.6) is 11.5 Å². The Morgan fingerprint density at radius 1 is 1.38 bits per heavy atom. The van der Waals surface area contributed by atoms with Gasteiger partial charge >= 0.3 is 0 Å². The SMILES string of the molecule is C=C[C@](C)(O)CN(CCC)CC(=O)N1CCc2sccc2[C@H]1COc1ccccc1OC. The third kappa shape index (κ3) is 5.91. The number of fused-ring (bicyclic) bond motifs is 1. The first kappa shape index (κ1) is 24.3. The van der Waals surface area contributed by atoms with E-state index in [2.05, 4.69) is 24.9 Å². The van der Waals surface area contributed by atoms with E-state index in [1.165, 1.54) is 11.0 Å². The summed E-state index contributed by atoms with van der Waals surface area (Å²) in [6.07, 6.45) is 3.28. The van der Waals surface area contributed by atoms with Crippen LogP contribution >= 0.6 is 11.3 Å². The largest absolute Gasteiger partial charge is 0.493 e. The van der Waals surface area contributed by atoms with Gasteiger partial charge in [-0.15, -0.1) is 17.9 Å². The first-order valence-corrected chi connectivity index (χ1v) is 12.0. The van der Waals surface area contributed by atoms with E-state index in [1.807, 2.05) is 34.1 Å². The van der Waals surface area contributed by atoms with Gasteiger partial charge in [0.05, 0.1) is 25.3 Å². The summed E-state index contributed by atoms with van der Waals surface area (Å²) in [4.78, 5) is 18.7. The molecule has 0 aliphatic carbocycles. The Bertz CT molecular complexity index is 911. The van der Waals surface area contributed by atoms with Gasteiger partial charge in [-0.2, -0.15) is 0 Å². The number of hydrogen-bond donors (Lipinski definition) is 1. The second-order valence-electron chi connectivity index (χ2n) is 8.39. The number of ether oxygens (including phenoxy) is 2. The van der Waals surface area contributed by atoms with Crippen molar-refractivity contribution < 1.29 is 19.4 Å². The predicted octanol–water partition coefficient (Wildman–Crippen LogP) is 3.91. The molecular formula is C25H34N2O4S. The number of amides is 1. The van der Waals surface area contributed by atoms with E-state index in [-0.39, 0.29) is 18.5 Å². The monoisotopic (exact) mass is 458 g/mol. The van der Waals surface area contributed by atoms with Crippen molar-refractivity contribution in [3.8, 4) is 11.5 Å². The second kappa shape index (κ2) is 11.0. The van der Waals surface area contributed by atoms with Crippen molar-refractivity contribution in [2.24, 2.45) is 0 Å². The average Bonchev–Trinajstić information content (AvgIpc) is 3.26. The number of nitrogens with zero attached hydrogens (tertiary/aromatic N) is 2. The van der Waals surface area contributed by atoms with Crippen LogP contribution in [0.2, 0.25) is 0 Å². The molecule has 1 amide bonds. The lowest BCUT2D eigenvalue weighted by Gasteiger charge is -2.38. The number of benzene rings is 1. The minimum absolute atomic E-state index is 0.0452. The predicted molar refractivity (Wildman–Crippen MR) is 129 cm³/mol. The highest BCUT2D eigenvalue weighted by molar-refractivity contribution is 7.10. The van der Waals surface area contributed by atoms with Gasteiger partial charge in [-0.1, -0.05) is 25.1 Å². The summed E-state index contributed by atoms with van der Waals surface area (Å²) >= 11 is 1.73. The van der Waals surface area contributed by atoms with Gasteiger partial charge < -0.3 is 19.5 Å². The number of rotatable bonds is 11. The molecule has 174 valence electrons. The Morgan fingerprint density at radius 2 is 2.12 bits per heavy atom. The molecule has 1 N–H and O–H groups in total. The zero-order valence-electron chi connectivity index (χ0n) is 19.3. The van der Waals surface area contributed by atoms with E-state index in [0.29, 0.717) is 31.2 Å². The van der Waals surface area contributed by atoms with Crippen LogP contribution < -0.4 is 9.47 Å². The lowest BCUT2D eigenvalue weighted by atomic mass is 10.00. The second-order valence-corrected chi connectivity index (χ2v) is 9.39. The highest BCUT2D eigenvalue weighted by Crippen LogP contribution is 2.35. The molecule has 0 saturated carbocycles. The number of aliphatic hydroxyl groups is 1. The van der Waals surface area contributed by atoms with Gasteiger partial charge in [0.1, 0.15) is 6.61 Å². The molecule has 32 heavy (non-hydrogen) atoms. The quantitative estimate of drug-likeness (QED) is 0.518. The van der Waals surface area contributed by atoms with Crippen LogP contribution in [-0.2, 0) is 11.2 Å². The van der Waals surface area contributed by atoms with Gasteiger partial charge in [-0.05, 0) is 55.5 Å². The van der Waals surface area contributed by atoms with Crippen LogP contribution in [0.1, 0.15) is 36.8 Å². The number of hydrogen-bond acceptors (Lipinski definition) is 6. The Morgan fingerprint density at radius 3 is 2.81 bits per heavy atom. The smallest absolute Gasteiger partial charge is 0.237 e. The summed E-state index contributed by atoms with van der Waals surface area (Å²) in [6, 6.07) is 9.49. The summed E-state index contributed by atoms with van der Waals surface area (Å²) in [6.45, 7) is 9.87. The van der Waals surface area contributed by atoms with E-state index in [4.69, 9.17) is 9.47 Å². The maximum atomic E-state index is 13.4. The average molecular weight is 459 g/mol. The van der Waals surface area contributed by atoms with Gasteiger partial charge in [-0.3, -0.25) is 9.69 Å². The molecule has 0 saturated heterocycles. The van der Waals surface area contributed by atoms with Gasteiger partial charge in [-0.25, -0.2) is 0 Å². The van der Waals surface area contributed by atoms with Crippen molar-refractivity contribution >= 4 is 17.2 Å². The van der Waals surface area contributed by atoms with E-state index < -0.39 is 5.60 Å². The van der Waals surface area contributed by atoms with Gasteiger partial charge in [0.2, 0.25) is 5.91 Å². The third-order valence-corrected chi connectivity index (χ3v) is 6.76. The molecule has 1 aromatic carbocycles. The van der Waals surface area contributed by atoms with Gasteiger partial charge in [0.15, 0.2) is 11.5 Å². The fraction of sp³-hybridized carbons (Fsp3) is 0.480. The molecule has 1 aliphatic heterocycles. The van der Waals surface area contributed by atoms with Crippen molar-refractivity contribution in [1.29, 1.82) is 0 Å². The summed E-state index contributed by atoms with van der Waals surface area (Å²) in [5.74, 6) is 1.38. The Labute approximate surface area is 195 Å². The number of para-hydroxylation sites is 2. The lowest BCUT2D eigenvalue weighted by Crippen LogP contribution is -2.49. The van der Waals surface area contributed by atoms with Gasteiger partial charge in [0.25, 0.3) is 0 Å². The first-order chi connectivity index (χ1) is 15.4. The first-order valence-electron chi connectivity index (χ1n) is 11.1. The van der Waals surface area contributed by atoms with Crippen molar-refractivity contribution in [3.63, 3.8) is 0 Å². The molecule has 2 aromatic rings. The standard InChI is InChI=1S/C25H34N2O4S/c1-5-13-26(18-25(3,29)6-2)16-24(28)27-14-11-23-19(12-15-32-23)20(27)17-31-22-10-8-7-9-21(22)30-4/h6-10,12,15,20,29H,2,5,11,13-14,16-18H2,1,3-4H3/t20-,25+/m1/s1.